The third kappa shape index (κ3) is 6.18. The van der Waals surface area contributed by atoms with E-state index in [0.29, 0.717) is 44.4 Å². The van der Waals surface area contributed by atoms with Gasteiger partial charge in [0.1, 0.15) is 17.0 Å². The van der Waals surface area contributed by atoms with Crippen molar-refractivity contribution in [3.05, 3.63) is 81.6 Å². The summed E-state index contributed by atoms with van der Waals surface area (Å²) in [5.41, 5.74) is -1.72. The Labute approximate surface area is 259 Å². The van der Waals surface area contributed by atoms with Gasteiger partial charge < -0.3 is 20.3 Å². The van der Waals surface area contributed by atoms with E-state index in [1.165, 1.54) is 36.7 Å². The van der Waals surface area contributed by atoms with Crippen molar-refractivity contribution in [2.24, 2.45) is 5.41 Å². The second-order valence-electron chi connectivity index (χ2n) is 12.0. The van der Waals surface area contributed by atoms with Crippen LogP contribution in [0.15, 0.2) is 48.8 Å². The molecular weight excluding hydrogens is 597 g/mol. The summed E-state index contributed by atoms with van der Waals surface area (Å²) >= 11 is 12.3. The minimum Gasteiger partial charge on any atom is -0.378 e. The fourth-order valence-corrected chi connectivity index (χ4v) is 6.43. The topological polar surface area (TPSA) is 103 Å². The zero-order chi connectivity index (χ0) is 30.9. The first-order valence-corrected chi connectivity index (χ1v) is 14.7. The molecule has 5 rings (SSSR count). The predicted octanol–water partition coefficient (Wildman–Crippen LogP) is 5.86. The summed E-state index contributed by atoms with van der Waals surface area (Å²) in [7, 11) is 0. The lowest BCUT2D eigenvalue weighted by Gasteiger charge is -2.37. The molecule has 2 N–H and O–H groups in total. The predicted molar refractivity (Wildman–Crippen MR) is 161 cm³/mol. The molecule has 12 heteroatoms. The number of nitrogens with zero attached hydrogens (tertiary/aromatic N) is 4. The molecule has 3 heterocycles. The summed E-state index contributed by atoms with van der Waals surface area (Å²) in [6.07, 6.45) is 3.34. The first kappa shape index (κ1) is 31.1. The highest BCUT2D eigenvalue weighted by molar-refractivity contribution is 6.31. The number of aromatic nitrogens is 2. The van der Waals surface area contributed by atoms with E-state index in [-0.39, 0.29) is 26.6 Å². The molecule has 0 spiro atoms. The highest BCUT2D eigenvalue weighted by Gasteiger charge is 2.61. The summed E-state index contributed by atoms with van der Waals surface area (Å²) in [4.78, 5) is 24.8. The Hall–Kier alpha value is -3.36. The van der Waals surface area contributed by atoms with Crippen LogP contribution < -0.4 is 15.5 Å². The average molecular weight is 630 g/mol. The number of ether oxygens (including phenoxy) is 1. The number of nitrogens with one attached hydrogen (secondary N) is 2. The summed E-state index contributed by atoms with van der Waals surface area (Å²) in [5, 5.41) is 17.0. The van der Waals surface area contributed by atoms with Crippen LogP contribution >= 0.6 is 23.2 Å². The second-order valence-corrected chi connectivity index (χ2v) is 12.9. The quantitative estimate of drug-likeness (QED) is 0.352. The van der Waals surface area contributed by atoms with Crippen molar-refractivity contribution >= 4 is 40.7 Å². The Morgan fingerprint density at radius 2 is 1.88 bits per heavy atom. The second kappa shape index (κ2) is 12.3. The molecule has 1 amide bonds. The lowest BCUT2D eigenvalue weighted by Crippen LogP contribution is -2.45. The van der Waals surface area contributed by atoms with Crippen molar-refractivity contribution in [1.82, 2.24) is 15.3 Å². The van der Waals surface area contributed by atoms with Gasteiger partial charge in [0.15, 0.2) is 0 Å². The fourth-order valence-electron chi connectivity index (χ4n) is 6.09. The molecule has 2 fully saturated rings. The maximum Gasteiger partial charge on any atom is 0.242 e. The minimum atomic E-state index is -1.72. The van der Waals surface area contributed by atoms with Gasteiger partial charge in [-0.25, -0.2) is 18.7 Å². The molecule has 8 nitrogen and oxygen atoms in total. The molecule has 226 valence electrons. The van der Waals surface area contributed by atoms with Crippen LogP contribution in [0.5, 0.6) is 0 Å². The molecule has 2 aliphatic heterocycles. The average Bonchev–Trinajstić information content (AvgIpc) is 3.28. The summed E-state index contributed by atoms with van der Waals surface area (Å²) in [5.74, 6) is -2.73. The third-order valence-electron chi connectivity index (χ3n) is 7.93. The molecule has 4 atom stereocenters. The Balaban J connectivity index is 1.60. The zero-order valence-electron chi connectivity index (χ0n) is 24.0. The molecule has 0 saturated carbocycles. The number of amides is 1. The summed E-state index contributed by atoms with van der Waals surface area (Å²) in [6.45, 7) is 8.37. The fraction of sp³-hybridized carbons (Fsp3) is 0.419. The van der Waals surface area contributed by atoms with Gasteiger partial charge in [-0.3, -0.25) is 4.79 Å². The highest BCUT2D eigenvalue weighted by Crippen LogP contribution is 2.52. The number of morpholine rings is 1. The van der Waals surface area contributed by atoms with E-state index in [4.69, 9.17) is 27.9 Å². The van der Waals surface area contributed by atoms with Crippen molar-refractivity contribution in [3.63, 3.8) is 0 Å². The molecule has 2 aliphatic rings. The molecular formula is C31H32Cl2F2N6O2. The summed E-state index contributed by atoms with van der Waals surface area (Å²) < 4.78 is 37.0. The van der Waals surface area contributed by atoms with Crippen LogP contribution in [0, 0.1) is 28.4 Å². The number of hydrogen-bond donors (Lipinski definition) is 2. The van der Waals surface area contributed by atoms with Crippen LogP contribution in [0.1, 0.15) is 44.2 Å². The first-order chi connectivity index (χ1) is 20.4. The lowest BCUT2D eigenvalue weighted by atomic mass is 9.62. The van der Waals surface area contributed by atoms with Gasteiger partial charge in [-0.15, -0.1) is 0 Å². The Morgan fingerprint density at radius 1 is 1.19 bits per heavy atom. The molecule has 0 radical (unpaired) electrons. The van der Waals surface area contributed by atoms with E-state index in [9.17, 15) is 10.1 Å². The smallest absolute Gasteiger partial charge is 0.242 e. The molecule has 0 unspecified atom stereocenters. The molecule has 0 bridgehead atoms. The monoisotopic (exact) mass is 628 g/mol. The molecule has 3 aromatic rings. The van der Waals surface area contributed by atoms with Crippen LogP contribution in [0.2, 0.25) is 10.0 Å². The molecule has 1 aromatic heterocycles. The van der Waals surface area contributed by atoms with Gasteiger partial charge in [-0.2, -0.15) is 5.26 Å². The minimum absolute atomic E-state index is 0.0130. The van der Waals surface area contributed by atoms with E-state index in [1.807, 2.05) is 25.7 Å². The van der Waals surface area contributed by atoms with E-state index in [0.717, 1.165) is 6.07 Å². The Bertz CT molecular complexity index is 1540. The van der Waals surface area contributed by atoms with Crippen LogP contribution in [0.4, 0.5) is 20.4 Å². The molecule has 2 aromatic carbocycles. The van der Waals surface area contributed by atoms with Crippen molar-refractivity contribution in [1.29, 1.82) is 5.26 Å². The highest BCUT2D eigenvalue weighted by atomic mass is 35.5. The van der Waals surface area contributed by atoms with E-state index < -0.39 is 41.0 Å². The van der Waals surface area contributed by atoms with Crippen LogP contribution in [0.3, 0.4) is 0 Å². The molecule has 2 saturated heterocycles. The van der Waals surface area contributed by atoms with Gasteiger partial charge in [-0.05, 0) is 35.6 Å². The van der Waals surface area contributed by atoms with Crippen molar-refractivity contribution in [2.75, 3.05) is 36.5 Å². The third-order valence-corrected chi connectivity index (χ3v) is 8.46. The van der Waals surface area contributed by atoms with Gasteiger partial charge in [-0.1, -0.05) is 62.2 Å². The number of carbonyl (C=O) groups is 1. The van der Waals surface area contributed by atoms with Crippen molar-refractivity contribution < 1.29 is 18.3 Å². The van der Waals surface area contributed by atoms with Crippen LogP contribution in [-0.2, 0) is 14.9 Å². The van der Waals surface area contributed by atoms with Crippen molar-refractivity contribution in [2.45, 2.75) is 50.6 Å². The number of hydrogen-bond acceptors (Lipinski definition) is 7. The largest absolute Gasteiger partial charge is 0.378 e. The van der Waals surface area contributed by atoms with Gasteiger partial charge in [0.2, 0.25) is 11.9 Å². The van der Waals surface area contributed by atoms with E-state index in [2.05, 4.69) is 26.7 Å². The van der Waals surface area contributed by atoms with Gasteiger partial charge >= 0.3 is 0 Å². The number of anilines is 2. The number of carbonyl (C=O) groups excluding carboxylic acids is 1. The van der Waals surface area contributed by atoms with E-state index in [1.54, 1.807) is 6.07 Å². The van der Waals surface area contributed by atoms with Gasteiger partial charge in [0.25, 0.3) is 0 Å². The van der Waals surface area contributed by atoms with Gasteiger partial charge in [0.05, 0.1) is 48.4 Å². The molecule has 43 heavy (non-hydrogen) atoms. The number of nitriles is 1. The van der Waals surface area contributed by atoms with Crippen LogP contribution in [-0.4, -0.2) is 54.3 Å². The maximum atomic E-state index is 15.8. The normalized spacial score (nSPS) is 24.0. The van der Waals surface area contributed by atoms with Crippen LogP contribution in [0.25, 0.3) is 0 Å². The number of halogens is 4. The Kier molecular flexibility index (Phi) is 8.91. The Morgan fingerprint density at radius 3 is 2.51 bits per heavy atom. The van der Waals surface area contributed by atoms with Crippen molar-refractivity contribution in [3.8, 4) is 6.07 Å². The number of rotatable bonds is 6. The van der Waals surface area contributed by atoms with Gasteiger partial charge in [0, 0.05) is 35.6 Å². The first-order valence-electron chi connectivity index (χ1n) is 14.0. The summed E-state index contributed by atoms with van der Waals surface area (Å²) in [6, 6.07) is 8.88. The zero-order valence-corrected chi connectivity index (χ0v) is 25.5. The standard InChI is InChI=1S/C31H32Cl2F2N6O2/c1-30(2,3)14-24-31(17-36,21-8-7-18(32)13-23(21)34)25(20-5-4-6-22(33)26(20)35)27(40-24)28(42)39-19-15-37-29(38-16-19)41-9-11-43-12-10-41/h4-8,13,15-16,24-25,27,40H,9-12,14H2,1-3H3,(H,39,42)/t24-,25-,27+,31-/m0/s1. The lowest BCUT2D eigenvalue weighted by molar-refractivity contribution is -0.118. The maximum absolute atomic E-state index is 15.8. The molecule has 0 aliphatic carbocycles. The number of benzene rings is 2. The van der Waals surface area contributed by atoms with E-state index >= 15 is 8.78 Å². The SMILES string of the molecule is CC(C)(C)C[C@@H]1N[C@@H](C(=O)Nc2cnc(N3CCOCC3)nc2)[C@H](c2cccc(Cl)c2F)[C@@]1(C#N)c1ccc(Cl)cc1F.